The lowest BCUT2D eigenvalue weighted by molar-refractivity contribution is 0.0267. The van der Waals surface area contributed by atoms with Gasteiger partial charge in [-0.25, -0.2) is 14.5 Å². The van der Waals surface area contributed by atoms with Crippen LogP contribution in [-0.2, 0) is 4.74 Å². The van der Waals surface area contributed by atoms with E-state index < -0.39 is 17.6 Å². The van der Waals surface area contributed by atoms with E-state index in [0.29, 0.717) is 18.8 Å². The molecule has 0 saturated carbocycles. The zero-order valence-electron chi connectivity index (χ0n) is 22.1. The van der Waals surface area contributed by atoms with Gasteiger partial charge in [-0.1, -0.05) is 18.2 Å². The van der Waals surface area contributed by atoms with Crippen LogP contribution in [-0.4, -0.2) is 75.9 Å². The highest BCUT2D eigenvalue weighted by molar-refractivity contribution is 5.89. The largest absolute Gasteiger partial charge is 0.474 e. The average molecular weight is 527 g/mol. The van der Waals surface area contributed by atoms with Gasteiger partial charge in [0, 0.05) is 32.0 Å². The van der Waals surface area contributed by atoms with Gasteiger partial charge >= 0.3 is 6.03 Å². The van der Waals surface area contributed by atoms with E-state index in [1.807, 2.05) is 37.4 Å². The second-order valence-corrected chi connectivity index (χ2v) is 10.1. The molecule has 1 aromatic carbocycles. The number of amides is 2. The number of benzene rings is 1. The first-order valence-electron chi connectivity index (χ1n) is 12.5. The number of ether oxygens (including phenoxy) is 2. The van der Waals surface area contributed by atoms with Crippen molar-refractivity contribution in [3.8, 4) is 11.6 Å². The highest BCUT2D eigenvalue weighted by Gasteiger charge is 2.40. The van der Waals surface area contributed by atoms with Gasteiger partial charge in [-0.2, -0.15) is 4.39 Å². The maximum absolute atomic E-state index is 14.0. The van der Waals surface area contributed by atoms with Crippen LogP contribution >= 0.6 is 0 Å². The molecule has 3 heterocycles. The fourth-order valence-electron chi connectivity index (χ4n) is 4.74. The van der Waals surface area contributed by atoms with Crippen molar-refractivity contribution in [1.82, 2.24) is 25.0 Å². The van der Waals surface area contributed by atoms with E-state index in [1.54, 1.807) is 37.8 Å². The molecule has 38 heavy (non-hydrogen) atoms. The van der Waals surface area contributed by atoms with Crippen LogP contribution in [0.15, 0.2) is 54.7 Å². The summed E-state index contributed by atoms with van der Waals surface area (Å²) in [5.41, 5.74) is 0.421. The van der Waals surface area contributed by atoms with E-state index >= 15 is 0 Å². The van der Waals surface area contributed by atoms with Crippen LogP contribution in [0.2, 0.25) is 0 Å². The summed E-state index contributed by atoms with van der Waals surface area (Å²) in [6.45, 7) is 3.88. The van der Waals surface area contributed by atoms with Crippen LogP contribution in [0.25, 0.3) is 5.69 Å². The molecule has 0 aliphatic carbocycles. The Morgan fingerprint density at radius 2 is 2.00 bits per heavy atom. The molecule has 0 spiro atoms. The van der Waals surface area contributed by atoms with Gasteiger partial charge in [0.25, 0.3) is 0 Å². The monoisotopic (exact) mass is 526 g/mol. The third kappa shape index (κ3) is 6.85. The Bertz CT molecular complexity index is 1220. The molecular weight excluding hydrogens is 491 g/mol. The second-order valence-electron chi connectivity index (χ2n) is 10.1. The summed E-state index contributed by atoms with van der Waals surface area (Å²) in [7, 11) is 3.63. The number of nitrogens with one attached hydrogen (secondary N) is 2. The number of carbonyl (C=O) groups is 1. The number of pyridine rings is 1. The van der Waals surface area contributed by atoms with E-state index in [1.165, 1.54) is 12.3 Å². The Kier molecular flexibility index (Phi) is 8.60. The number of urea groups is 1. The van der Waals surface area contributed by atoms with Crippen LogP contribution in [0.5, 0.6) is 5.88 Å². The number of likely N-dealkylation sites (tertiary alicyclic amines) is 1. The number of hydrogen-bond donors (Lipinski definition) is 3. The Morgan fingerprint density at radius 1 is 1.24 bits per heavy atom. The maximum atomic E-state index is 14.0. The zero-order chi connectivity index (χ0) is 27.3. The van der Waals surface area contributed by atoms with Gasteiger partial charge in [0.1, 0.15) is 12.4 Å². The number of likely N-dealkylation sites (N-methyl/N-ethyl adjacent to an activating group) is 1. The number of aromatic nitrogens is 3. The third-order valence-electron chi connectivity index (χ3n) is 6.49. The highest BCUT2D eigenvalue weighted by atomic mass is 19.1. The minimum Gasteiger partial charge on any atom is -0.474 e. The Morgan fingerprint density at radius 3 is 2.68 bits per heavy atom. The minimum absolute atomic E-state index is 0.0336. The van der Waals surface area contributed by atoms with Gasteiger partial charge in [0.2, 0.25) is 11.8 Å². The first kappa shape index (κ1) is 27.5. The molecule has 11 heteroatoms. The number of hydrogen-bond acceptors (Lipinski definition) is 7. The first-order chi connectivity index (χ1) is 18.1. The SMILES string of the molecule is COCC[C@@H]1C[C@@H](NC(=O)Nc2cc(OCC(C)(C)O)nn2-c2ccccc2)[C@H](c2ccnc(F)c2)N1C. The molecule has 0 bridgehead atoms. The fourth-order valence-corrected chi connectivity index (χ4v) is 4.74. The quantitative estimate of drug-likeness (QED) is 0.347. The second kappa shape index (κ2) is 11.9. The molecular formula is C27H35FN6O4. The van der Waals surface area contributed by atoms with Crippen molar-refractivity contribution in [2.45, 2.75) is 50.4 Å². The number of para-hydroxylation sites is 1. The summed E-state index contributed by atoms with van der Waals surface area (Å²) in [5, 5.41) is 20.5. The molecule has 0 unspecified atom stereocenters. The van der Waals surface area contributed by atoms with Gasteiger partial charge in [-0.15, -0.1) is 5.10 Å². The summed E-state index contributed by atoms with van der Waals surface area (Å²) in [6, 6.07) is 13.3. The van der Waals surface area contributed by atoms with Gasteiger partial charge in [-0.05, 0) is 63.6 Å². The Balaban J connectivity index is 1.55. The molecule has 0 radical (unpaired) electrons. The maximum Gasteiger partial charge on any atom is 0.320 e. The normalized spacial score (nSPS) is 19.9. The summed E-state index contributed by atoms with van der Waals surface area (Å²) in [5.74, 6) is 0.0923. The van der Waals surface area contributed by atoms with Gasteiger partial charge in [0.15, 0.2) is 0 Å². The molecule has 1 aliphatic rings. The van der Waals surface area contributed by atoms with Crippen LogP contribution in [0.4, 0.5) is 15.0 Å². The molecule has 2 amide bonds. The van der Waals surface area contributed by atoms with Crippen molar-refractivity contribution in [2.75, 3.05) is 32.7 Å². The molecule has 10 nitrogen and oxygen atoms in total. The standard InChI is InChI=1S/C27H35FN6O4/c1-27(2,36)17-38-24-16-23(34(32-24)19-8-6-5-7-9-19)31-26(35)30-21-15-20(11-13-37-4)33(3)25(21)18-10-12-29-22(28)14-18/h5-10,12,14,16,20-21,25,36H,11,13,15,17H2,1-4H3,(H2,30,31,35)/t20-,21-,25+/m1/s1. The Hall–Kier alpha value is -3.54. The van der Waals surface area contributed by atoms with Crippen LogP contribution in [0, 0.1) is 5.95 Å². The van der Waals surface area contributed by atoms with E-state index in [9.17, 15) is 14.3 Å². The smallest absolute Gasteiger partial charge is 0.320 e. The predicted molar refractivity (Wildman–Crippen MR) is 141 cm³/mol. The molecule has 1 saturated heterocycles. The minimum atomic E-state index is -1.04. The highest BCUT2D eigenvalue weighted by Crippen LogP contribution is 2.36. The summed E-state index contributed by atoms with van der Waals surface area (Å²) in [6.07, 6.45) is 2.88. The molecule has 4 rings (SSSR count). The van der Waals surface area contributed by atoms with Crippen LogP contribution < -0.4 is 15.4 Å². The van der Waals surface area contributed by atoms with Crippen molar-refractivity contribution in [3.05, 3.63) is 66.2 Å². The van der Waals surface area contributed by atoms with Crippen LogP contribution in [0.3, 0.4) is 0 Å². The Labute approximate surface area is 221 Å². The molecule has 2 aromatic heterocycles. The number of anilines is 1. The van der Waals surface area contributed by atoms with Crippen molar-refractivity contribution >= 4 is 11.8 Å². The summed E-state index contributed by atoms with van der Waals surface area (Å²) >= 11 is 0. The fraction of sp³-hybridized carbons (Fsp3) is 0.444. The van der Waals surface area contributed by atoms with Crippen molar-refractivity contribution < 1.29 is 23.8 Å². The van der Waals surface area contributed by atoms with Crippen molar-refractivity contribution in [1.29, 1.82) is 0 Å². The third-order valence-corrected chi connectivity index (χ3v) is 6.49. The lowest BCUT2D eigenvalue weighted by Gasteiger charge is -2.28. The summed E-state index contributed by atoms with van der Waals surface area (Å²) in [4.78, 5) is 19.1. The zero-order valence-corrected chi connectivity index (χ0v) is 22.1. The van der Waals surface area contributed by atoms with E-state index in [4.69, 9.17) is 9.47 Å². The predicted octanol–water partition coefficient (Wildman–Crippen LogP) is 3.53. The number of nitrogens with zero attached hydrogens (tertiary/aromatic N) is 4. The molecule has 1 fully saturated rings. The molecule has 3 aromatic rings. The molecule has 204 valence electrons. The van der Waals surface area contributed by atoms with Gasteiger partial charge in [0.05, 0.1) is 23.4 Å². The summed E-state index contributed by atoms with van der Waals surface area (Å²) < 4.78 is 26.5. The van der Waals surface area contributed by atoms with Crippen molar-refractivity contribution in [2.24, 2.45) is 0 Å². The molecule has 3 N–H and O–H groups in total. The molecule has 3 atom stereocenters. The average Bonchev–Trinajstić information content (AvgIpc) is 3.41. The number of rotatable bonds is 10. The number of methoxy groups -OCH3 is 1. The van der Waals surface area contributed by atoms with E-state index in [2.05, 4.69) is 25.6 Å². The lowest BCUT2D eigenvalue weighted by Crippen LogP contribution is -2.41. The van der Waals surface area contributed by atoms with E-state index in [-0.39, 0.29) is 30.6 Å². The number of aliphatic hydroxyl groups is 1. The lowest BCUT2D eigenvalue weighted by atomic mass is 10.0. The number of halogens is 1. The topological polar surface area (TPSA) is 114 Å². The van der Waals surface area contributed by atoms with Gasteiger partial charge < -0.3 is 19.9 Å². The molecule has 1 aliphatic heterocycles. The number of carbonyl (C=O) groups excluding carboxylic acids is 1. The van der Waals surface area contributed by atoms with Crippen LogP contribution in [0.1, 0.15) is 38.3 Å². The van der Waals surface area contributed by atoms with Crippen molar-refractivity contribution in [3.63, 3.8) is 0 Å². The van der Waals surface area contributed by atoms with E-state index in [0.717, 1.165) is 17.7 Å². The van der Waals surface area contributed by atoms with Gasteiger partial charge in [-0.3, -0.25) is 10.2 Å². The first-order valence-corrected chi connectivity index (χ1v) is 12.5.